The summed E-state index contributed by atoms with van der Waals surface area (Å²) >= 11 is 0. The van der Waals surface area contributed by atoms with E-state index in [0.717, 1.165) is 70.6 Å². The fourth-order valence-electron chi connectivity index (χ4n) is 4.28. The van der Waals surface area contributed by atoms with E-state index in [1.807, 2.05) is 21.1 Å². The molecule has 2 unspecified atom stereocenters. The summed E-state index contributed by atoms with van der Waals surface area (Å²) in [7, 11) is 1.58. The standard InChI is InChI=1S/C42H70NO7P/c1-6-8-10-12-14-16-18-20-21-22-24-26-28-30-32-34-37-47-39-41(40-49-51(45,46)48-38-36-43(3,4)5)50-42(44)35-33-31-29-27-25-23-19-17-15-13-11-9-7-2/h8-11,14-17,20-21,23-26,30,32,41H,6-7,12-13,18-19,22,27-29,31,33-40H2,1-5H3/p+1/b10-8-,11-9-,16-14-,17-15-,21-20-,25-23-,26-24-,32-30-. The van der Waals surface area contributed by atoms with Gasteiger partial charge in [-0.05, 0) is 77.0 Å². The maximum atomic E-state index is 12.6. The van der Waals surface area contributed by atoms with Crippen LogP contribution in [0.2, 0.25) is 0 Å². The Morgan fingerprint density at radius 2 is 1.08 bits per heavy atom. The lowest BCUT2D eigenvalue weighted by molar-refractivity contribution is -0.870. The number of hydrogen-bond acceptors (Lipinski definition) is 6. The number of phosphoric acid groups is 1. The van der Waals surface area contributed by atoms with E-state index in [9.17, 15) is 14.3 Å². The molecular weight excluding hydrogens is 661 g/mol. The minimum absolute atomic E-state index is 0.0590. The molecule has 2 atom stereocenters. The number of unbranched alkanes of at least 4 members (excludes halogenated alkanes) is 3. The summed E-state index contributed by atoms with van der Waals surface area (Å²) in [6.45, 7) is 5.07. The first-order chi connectivity index (χ1) is 24.6. The first kappa shape index (κ1) is 48.4. The predicted molar refractivity (Wildman–Crippen MR) is 214 cm³/mol. The number of esters is 1. The van der Waals surface area contributed by atoms with Gasteiger partial charge in [-0.15, -0.1) is 0 Å². The van der Waals surface area contributed by atoms with Crippen LogP contribution >= 0.6 is 7.82 Å². The van der Waals surface area contributed by atoms with E-state index < -0.39 is 13.9 Å². The fraction of sp³-hybridized carbons (Fsp3) is 0.595. The molecular formula is C42H71NO7P+. The second-order valence-electron chi connectivity index (χ2n) is 13.2. The van der Waals surface area contributed by atoms with Gasteiger partial charge in [0.2, 0.25) is 0 Å². The highest BCUT2D eigenvalue weighted by Gasteiger charge is 2.26. The molecule has 0 aromatic rings. The molecule has 1 N–H and O–H groups in total. The van der Waals surface area contributed by atoms with E-state index in [1.165, 1.54) is 0 Å². The van der Waals surface area contributed by atoms with Crippen molar-refractivity contribution in [2.24, 2.45) is 0 Å². The highest BCUT2D eigenvalue weighted by molar-refractivity contribution is 7.47. The summed E-state index contributed by atoms with van der Waals surface area (Å²) in [6, 6.07) is 0. The second kappa shape index (κ2) is 34.5. The van der Waals surface area contributed by atoms with Gasteiger partial charge < -0.3 is 18.9 Å². The van der Waals surface area contributed by atoms with Crippen molar-refractivity contribution in [3.8, 4) is 0 Å². The Kier molecular flexibility index (Phi) is 32.8. The molecule has 0 aliphatic heterocycles. The quantitative estimate of drug-likeness (QED) is 0.0236. The van der Waals surface area contributed by atoms with Gasteiger partial charge in [0, 0.05) is 6.42 Å². The Bertz CT molecular complexity index is 1130. The molecule has 51 heavy (non-hydrogen) atoms. The van der Waals surface area contributed by atoms with Crippen LogP contribution in [0.3, 0.4) is 0 Å². The van der Waals surface area contributed by atoms with Crippen LogP contribution in [0.25, 0.3) is 0 Å². The smallest absolute Gasteiger partial charge is 0.457 e. The number of quaternary nitrogens is 1. The van der Waals surface area contributed by atoms with E-state index in [1.54, 1.807) is 0 Å². The van der Waals surface area contributed by atoms with E-state index in [0.29, 0.717) is 30.5 Å². The summed E-state index contributed by atoms with van der Waals surface area (Å²) < 4.78 is 34.7. The van der Waals surface area contributed by atoms with Crippen molar-refractivity contribution in [2.45, 2.75) is 110 Å². The van der Waals surface area contributed by atoms with Crippen LogP contribution in [0.5, 0.6) is 0 Å². The number of phosphoric ester groups is 1. The monoisotopic (exact) mass is 732 g/mol. The van der Waals surface area contributed by atoms with Crippen LogP contribution in [0.4, 0.5) is 0 Å². The molecule has 0 aliphatic carbocycles. The summed E-state index contributed by atoms with van der Waals surface area (Å²) in [5.41, 5.74) is 0. The Morgan fingerprint density at radius 3 is 1.57 bits per heavy atom. The molecule has 9 heteroatoms. The molecule has 0 spiro atoms. The van der Waals surface area contributed by atoms with Crippen molar-refractivity contribution in [3.05, 3.63) is 97.2 Å². The van der Waals surface area contributed by atoms with Crippen LogP contribution in [-0.4, -0.2) is 75.6 Å². The lowest BCUT2D eigenvalue weighted by Crippen LogP contribution is -2.37. The van der Waals surface area contributed by atoms with Gasteiger partial charge in [0.25, 0.3) is 0 Å². The molecule has 0 amide bonds. The SMILES string of the molecule is CC/C=C\C/C=C\C/C=C\C/C=C\C/C=C\CCOCC(COP(=O)(O)OCC[N+](C)(C)C)OC(=O)CCCCC/C=C\C/C=C\C/C=C\CC. The number of carbonyl (C=O) groups excluding carboxylic acids is 1. The van der Waals surface area contributed by atoms with Gasteiger partial charge in [0.15, 0.2) is 0 Å². The number of nitrogens with zero attached hydrogens (tertiary/aromatic N) is 1. The molecule has 0 saturated heterocycles. The fourth-order valence-corrected chi connectivity index (χ4v) is 5.02. The Morgan fingerprint density at radius 1 is 0.608 bits per heavy atom. The molecule has 290 valence electrons. The first-order valence-corrected chi connectivity index (χ1v) is 20.5. The zero-order valence-corrected chi connectivity index (χ0v) is 33.4. The van der Waals surface area contributed by atoms with Crippen LogP contribution in [0.1, 0.15) is 104 Å². The van der Waals surface area contributed by atoms with Gasteiger partial charge in [-0.2, -0.15) is 0 Å². The molecule has 0 radical (unpaired) electrons. The van der Waals surface area contributed by atoms with Gasteiger partial charge in [-0.25, -0.2) is 4.57 Å². The molecule has 0 fully saturated rings. The highest BCUT2D eigenvalue weighted by atomic mass is 31.2. The minimum Gasteiger partial charge on any atom is -0.457 e. The van der Waals surface area contributed by atoms with Crippen molar-refractivity contribution in [1.29, 1.82) is 0 Å². The predicted octanol–water partition coefficient (Wildman–Crippen LogP) is 10.7. The average molecular weight is 733 g/mol. The Hall–Kier alpha value is -2.58. The second-order valence-corrected chi connectivity index (χ2v) is 14.6. The minimum atomic E-state index is -4.30. The van der Waals surface area contributed by atoms with Gasteiger partial charge in [-0.1, -0.05) is 117 Å². The summed E-state index contributed by atoms with van der Waals surface area (Å²) in [5, 5.41) is 0. The molecule has 0 saturated carbocycles. The number of hydrogen-bond donors (Lipinski definition) is 1. The van der Waals surface area contributed by atoms with Crippen LogP contribution in [0, 0.1) is 0 Å². The molecule has 8 nitrogen and oxygen atoms in total. The van der Waals surface area contributed by atoms with E-state index in [-0.39, 0.29) is 32.2 Å². The van der Waals surface area contributed by atoms with E-state index >= 15 is 0 Å². The zero-order valence-electron chi connectivity index (χ0n) is 32.5. The number of carbonyl (C=O) groups is 1. The van der Waals surface area contributed by atoms with Crippen molar-refractivity contribution >= 4 is 13.8 Å². The number of rotatable bonds is 33. The van der Waals surface area contributed by atoms with Crippen LogP contribution in [0.15, 0.2) is 97.2 Å². The summed E-state index contributed by atoms with van der Waals surface area (Å²) in [5.74, 6) is -0.374. The molecule has 0 bridgehead atoms. The number of allylic oxidation sites excluding steroid dienone is 15. The van der Waals surface area contributed by atoms with Gasteiger partial charge >= 0.3 is 13.8 Å². The lowest BCUT2D eigenvalue weighted by atomic mass is 10.1. The Balaban J connectivity index is 4.52. The van der Waals surface area contributed by atoms with Crippen LogP contribution in [-0.2, 0) is 27.9 Å². The third-order valence-corrected chi connectivity index (χ3v) is 8.14. The molecule has 0 aromatic carbocycles. The van der Waals surface area contributed by atoms with Crippen molar-refractivity contribution in [3.63, 3.8) is 0 Å². The van der Waals surface area contributed by atoms with Crippen LogP contribution < -0.4 is 0 Å². The average Bonchev–Trinajstić information content (AvgIpc) is 3.08. The largest absolute Gasteiger partial charge is 0.472 e. The van der Waals surface area contributed by atoms with E-state index in [4.69, 9.17) is 18.5 Å². The molecule has 0 aliphatic rings. The van der Waals surface area contributed by atoms with Crippen molar-refractivity contribution in [1.82, 2.24) is 0 Å². The molecule has 0 rings (SSSR count). The Labute approximate surface area is 311 Å². The highest BCUT2D eigenvalue weighted by Crippen LogP contribution is 2.43. The first-order valence-electron chi connectivity index (χ1n) is 19.0. The topological polar surface area (TPSA) is 91.3 Å². The number of ether oxygens (including phenoxy) is 2. The van der Waals surface area contributed by atoms with Crippen molar-refractivity contribution in [2.75, 3.05) is 54.1 Å². The third-order valence-electron chi connectivity index (χ3n) is 7.16. The third kappa shape index (κ3) is 38.5. The van der Waals surface area contributed by atoms with Crippen molar-refractivity contribution < 1.29 is 37.3 Å². The van der Waals surface area contributed by atoms with E-state index in [2.05, 4.69) is 111 Å². The number of likely N-dealkylation sites (N-methyl/N-ethyl adjacent to an activating group) is 1. The van der Waals surface area contributed by atoms with Gasteiger partial charge in [0.1, 0.15) is 19.3 Å². The molecule has 0 aromatic heterocycles. The normalized spacial score (nSPS) is 15.0. The van der Waals surface area contributed by atoms with Gasteiger partial charge in [0.05, 0.1) is 41.0 Å². The molecule has 0 heterocycles. The summed E-state index contributed by atoms with van der Waals surface area (Å²) in [4.78, 5) is 22.7. The lowest BCUT2D eigenvalue weighted by Gasteiger charge is -2.24. The maximum Gasteiger partial charge on any atom is 0.472 e. The maximum absolute atomic E-state index is 12.6. The zero-order chi connectivity index (χ0) is 37.7. The van der Waals surface area contributed by atoms with Gasteiger partial charge in [-0.3, -0.25) is 13.8 Å². The summed E-state index contributed by atoms with van der Waals surface area (Å²) in [6.07, 6.45) is 46.1.